The van der Waals surface area contributed by atoms with Crippen LogP contribution in [0.15, 0.2) is 79.1 Å². The van der Waals surface area contributed by atoms with E-state index in [1.165, 1.54) is 6.08 Å². The van der Waals surface area contributed by atoms with Crippen molar-refractivity contribution in [1.82, 2.24) is 9.38 Å². The maximum absolute atomic E-state index is 12.3. The highest BCUT2D eigenvalue weighted by Crippen LogP contribution is 2.28. The van der Waals surface area contributed by atoms with Gasteiger partial charge in [0.05, 0.1) is 19.9 Å². The molecule has 162 valence electrons. The molecule has 0 radical (unpaired) electrons. The first-order chi connectivity index (χ1) is 15.6. The number of aromatic nitrogens is 2. The van der Waals surface area contributed by atoms with Crippen LogP contribution in [0, 0.1) is 0 Å². The number of benzene rings is 2. The number of nitrogens with one attached hydrogen (secondary N) is 1. The molecular weight excluding hydrogens is 406 g/mol. The van der Waals surface area contributed by atoms with Gasteiger partial charge in [-0.1, -0.05) is 18.2 Å². The van der Waals surface area contributed by atoms with Gasteiger partial charge in [0.1, 0.15) is 18.0 Å². The molecule has 4 rings (SSSR count). The zero-order valence-corrected chi connectivity index (χ0v) is 17.8. The van der Waals surface area contributed by atoms with E-state index < -0.39 is 0 Å². The van der Waals surface area contributed by atoms with E-state index >= 15 is 0 Å². The topological polar surface area (TPSA) is 74.1 Å². The largest absolute Gasteiger partial charge is 0.493 e. The summed E-state index contributed by atoms with van der Waals surface area (Å²) in [5.41, 5.74) is 3.15. The van der Waals surface area contributed by atoms with E-state index in [-0.39, 0.29) is 5.91 Å². The molecule has 0 unspecified atom stereocenters. The van der Waals surface area contributed by atoms with Gasteiger partial charge in [-0.25, -0.2) is 4.98 Å². The number of carbonyl (C=O) groups is 1. The average Bonchev–Trinajstić information content (AvgIpc) is 3.24. The number of amides is 1. The van der Waals surface area contributed by atoms with Crippen molar-refractivity contribution in [1.29, 1.82) is 0 Å². The van der Waals surface area contributed by atoms with E-state index in [9.17, 15) is 4.79 Å². The lowest BCUT2D eigenvalue weighted by Crippen LogP contribution is -2.07. The number of imidazole rings is 1. The van der Waals surface area contributed by atoms with E-state index in [1.54, 1.807) is 44.6 Å². The highest BCUT2D eigenvalue weighted by Gasteiger charge is 2.05. The van der Waals surface area contributed by atoms with Crippen LogP contribution in [0.5, 0.6) is 17.2 Å². The zero-order chi connectivity index (χ0) is 22.3. The van der Waals surface area contributed by atoms with Crippen molar-refractivity contribution in [2.45, 2.75) is 6.61 Å². The molecule has 0 saturated carbocycles. The summed E-state index contributed by atoms with van der Waals surface area (Å²) in [6.45, 7) is 0.332. The highest BCUT2D eigenvalue weighted by molar-refractivity contribution is 6.02. The van der Waals surface area contributed by atoms with Crippen LogP contribution in [0.1, 0.15) is 11.3 Å². The van der Waals surface area contributed by atoms with Gasteiger partial charge < -0.3 is 23.9 Å². The summed E-state index contributed by atoms with van der Waals surface area (Å²) in [7, 11) is 3.15. The molecule has 1 amide bonds. The third kappa shape index (κ3) is 5.07. The minimum atomic E-state index is -0.253. The van der Waals surface area contributed by atoms with Gasteiger partial charge in [0, 0.05) is 30.2 Å². The summed E-state index contributed by atoms with van der Waals surface area (Å²) in [5, 5.41) is 2.84. The number of fused-ring (bicyclic) bond motifs is 1. The van der Waals surface area contributed by atoms with Crippen LogP contribution >= 0.6 is 0 Å². The molecule has 0 aliphatic heterocycles. The molecule has 4 aromatic rings. The Kier molecular flexibility index (Phi) is 6.36. The van der Waals surface area contributed by atoms with Gasteiger partial charge in [0.25, 0.3) is 0 Å². The van der Waals surface area contributed by atoms with Crippen molar-refractivity contribution in [3.05, 3.63) is 90.4 Å². The van der Waals surface area contributed by atoms with E-state index in [0.29, 0.717) is 29.5 Å². The summed E-state index contributed by atoms with van der Waals surface area (Å²) in [6, 6.07) is 18.5. The maximum atomic E-state index is 12.3. The third-order valence-corrected chi connectivity index (χ3v) is 4.74. The second-order valence-corrected chi connectivity index (χ2v) is 6.95. The number of ether oxygens (including phenoxy) is 3. The van der Waals surface area contributed by atoms with Gasteiger partial charge in [-0.05, 0) is 48.0 Å². The van der Waals surface area contributed by atoms with Crippen molar-refractivity contribution in [2.24, 2.45) is 0 Å². The molecule has 0 fully saturated rings. The van der Waals surface area contributed by atoms with E-state index in [0.717, 1.165) is 16.9 Å². The molecule has 0 aliphatic rings. The number of rotatable bonds is 8. The monoisotopic (exact) mass is 429 g/mol. The van der Waals surface area contributed by atoms with Crippen molar-refractivity contribution in [3.8, 4) is 17.2 Å². The van der Waals surface area contributed by atoms with Crippen LogP contribution in [0.4, 0.5) is 5.69 Å². The number of nitrogens with zero attached hydrogens (tertiary/aromatic N) is 2. The Labute approximate surface area is 185 Å². The van der Waals surface area contributed by atoms with Crippen molar-refractivity contribution >= 4 is 23.3 Å². The molecule has 7 nitrogen and oxygen atoms in total. The molecule has 2 aromatic heterocycles. The standard InChI is InChI=1S/C25H23N3O4/c1-30-22-11-9-18(14-23(22)31-2)10-12-25(29)27-19-6-5-7-21(15-19)32-17-20-16-28-13-4-3-8-24(28)26-20/h3-16H,17H2,1-2H3,(H,27,29)/b12-10+. The normalized spacial score (nSPS) is 10.9. The number of anilines is 1. The van der Waals surface area contributed by atoms with Gasteiger partial charge in [-0.3, -0.25) is 4.79 Å². The Hall–Kier alpha value is -4.26. The average molecular weight is 429 g/mol. The molecule has 1 N–H and O–H groups in total. The van der Waals surface area contributed by atoms with Crippen LogP contribution in [0.3, 0.4) is 0 Å². The predicted octanol–water partition coefficient (Wildman–Crippen LogP) is 4.58. The van der Waals surface area contributed by atoms with Gasteiger partial charge in [0.15, 0.2) is 11.5 Å². The highest BCUT2D eigenvalue weighted by atomic mass is 16.5. The van der Waals surface area contributed by atoms with Crippen LogP contribution in [0.2, 0.25) is 0 Å². The zero-order valence-electron chi connectivity index (χ0n) is 17.8. The van der Waals surface area contributed by atoms with Gasteiger partial charge in [-0.2, -0.15) is 0 Å². The number of hydrogen-bond acceptors (Lipinski definition) is 5. The van der Waals surface area contributed by atoms with Crippen LogP contribution in [-0.2, 0) is 11.4 Å². The quantitative estimate of drug-likeness (QED) is 0.415. The Morgan fingerprint density at radius 2 is 1.91 bits per heavy atom. The second-order valence-electron chi connectivity index (χ2n) is 6.95. The first kappa shape index (κ1) is 21.0. The van der Waals surface area contributed by atoms with E-state index in [4.69, 9.17) is 14.2 Å². The molecule has 0 aliphatic carbocycles. The van der Waals surface area contributed by atoms with E-state index in [2.05, 4.69) is 10.3 Å². The van der Waals surface area contributed by atoms with Gasteiger partial charge in [-0.15, -0.1) is 0 Å². The van der Waals surface area contributed by atoms with Gasteiger partial charge >= 0.3 is 0 Å². The Morgan fingerprint density at radius 1 is 1.03 bits per heavy atom. The minimum absolute atomic E-state index is 0.253. The minimum Gasteiger partial charge on any atom is -0.493 e. The molecule has 7 heteroatoms. The molecule has 32 heavy (non-hydrogen) atoms. The van der Waals surface area contributed by atoms with Gasteiger partial charge in [0.2, 0.25) is 5.91 Å². The SMILES string of the molecule is COc1ccc(/C=C/C(=O)Nc2cccc(OCc3cn4ccccc4n3)c2)cc1OC. The third-order valence-electron chi connectivity index (χ3n) is 4.74. The Balaban J connectivity index is 1.36. The van der Waals surface area contributed by atoms with Crippen LogP contribution in [0.25, 0.3) is 11.7 Å². The molecule has 2 heterocycles. The van der Waals surface area contributed by atoms with Crippen molar-refractivity contribution in [3.63, 3.8) is 0 Å². The number of methoxy groups -OCH3 is 2. The Bertz CT molecular complexity index is 1230. The fourth-order valence-electron chi connectivity index (χ4n) is 3.19. The molecule has 0 bridgehead atoms. The summed E-state index contributed by atoms with van der Waals surface area (Å²) in [4.78, 5) is 16.9. The molecule has 0 atom stereocenters. The van der Waals surface area contributed by atoms with Crippen LogP contribution in [-0.4, -0.2) is 29.5 Å². The number of pyridine rings is 1. The lowest BCUT2D eigenvalue weighted by atomic mass is 10.2. The first-order valence-corrected chi connectivity index (χ1v) is 10.0. The lowest BCUT2D eigenvalue weighted by molar-refractivity contribution is -0.111. The van der Waals surface area contributed by atoms with Crippen molar-refractivity contribution in [2.75, 3.05) is 19.5 Å². The summed E-state index contributed by atoms with van der Waals surface area (Å²) in [6.07, 6.45) is 7.05. The Morgan fingerprint density at radius 3 is 2.72 bits per heavy atom. The maximum Gasteiger partial charge on any atom is 0.248 e. The second kappa shape index (κ2) is 9.70. The fourth-order valence-corrected chi connectivity index (χ4v) is 3.19. The predicted molar refractivity (Wildman–Crippen MR) is 123 cm³/mol. The number of carbonyl (C=O) groups excluding carboxylic acids is 1. The first-order valence-electron chi connectivity index (χ1n) is 10.0. The lowest BCUT2D eigenvalue weighted by Gasteiger charge is -2.08. The molecule has 0 saturated heterocycles. The molecular formula is C25H23N3O4. The molecule has 0 spiro atoms. The molecule has 2 aromatic carbocycles. The van der Waals surface area contributed by atoms with Crippen molar-refractivity contribution < 1.29 is 19.0 Å². The van der Waals surface area contributed by atoms with Crippen LogP contribution < -0.4 is 19.5 Å². The summed E-state index contributed by atoms with van der Waals surface area (Å²) >= 11 is 0. The van der Waals surface area contributed by atoms with E-state index in [1.807, 2.05) is 53.2 Å². The smallest absolute Gasteiger partial charge is 0.248 e. The number of hydrogen-bond donors (Lipinski definition) is 1. The summed E-state index contributed by atoms with van der Waals surface area (Å²) < 4.78 is 18.3. The fraction of sp³-hybridized carbons (Fsp3) is 0.120. The summed E-state index contributed by atoms with van der Waals surface area (Å²) in [5.74, 6) is 1.63.